The third-order valence-corrected chi connectivity index (χ3v) is 4.57. The van der Waals surface area contributed by atoms with Crippen LogP contribution in [0.4, 0.5) is 0 Å². The van der Waals surface area contributed by atoms with E-state index in [1.54, 1.807) is 0 Å². The number of carbonyl (C=O) groups excluding carboxylic acids is 1. The second kappa shape index (κ2) is 9.20. The number of benzene rings is 1. The van der Waals surface area contributed by atoms with Crippen molar-refractivity contribution in [2.24, 2.45) is 17.6 Å². The third-order valence-electron chi connectivity index (χ3n) is 4.57. The summed E-state index contributed by atoms with van der Waals surface area (Å²) in [4.78, 5) is 12.1. The van der Waals surface area contributed by atoms with E-state index in [-0.39, 0.29) is 18.6 Å². The molecule has 25 heavy (non-hydrogen) atoms. The lowest BCUT2D eigenvalue weighted by Crippen LogP contribution is -2.42. The number of nitrogens with two attached hydrogens (primary N) is 1. The molecule has 0 aliphatic carbocycles. The fourth-order valence-corrected chi connectivity index (χ4v) is 2.99. The molecule has 0 aromatic heterocycles. The lowest BCUT2D eigenvalue weighted by Gasteiger charge is -2.31. The van der Waals surface area contributed by atoms with Gasteiger partial charge in [-0.2, -0.15) is 0 Å². The van der Waals surface area contributed by atoms with Crippen LogP contribution in [-0.2, 0) is 14.3 Å². The number of ether oxygens (including phenoxy) is 3. The summed E-state index contributed by atoms with van der Waals surface area (Å²) < 4.78 is 17.5. The quantitative estimate of drug-likeness (QED) is 0.827. The van der Waals surface area contributed by atoms with Gasteiger partial charge in [0.25, 0.3) is 0 Å². The molecule has 0 bridgehead atoms. The fourth-order valence-electron chi connectivity index (χ4n) is 2.99. The molecule has 0 spiro atoms. The number of hydrogen-bond acceptors (Lipinski definition) is 5. The Morgan fingerprint density at radius 2 is 1.92 bits per heavy atom. The Kier molecular flexibility index (Phi) is 7.26. The zero-order valence-electron chi connectivity index (χ0n) is 15.7. The van der Waals surface area contributed by atoms with Crippen LogP contribution in [0, 0.1) is 18.8 Å². The molecule has 1 aromatic carbocycles. The SMILES string of the molecule is Cc1ccc(OC2C(CCC(C)C)COCC(N)C(=O)OC2C)cc1. The van der Waals surface area contributed by atoms with Gasteiger partial charge >= 0.3 is 5.97 Å². The molecule has 2 N–H and O–H groups in total. The molecule has 4 atom stereocenters. The Morgan fingerprint density at radius 3 is 2.56 bits per heavy atom. The van der Waals surface area contributed by atoms with E-state index in [2.05, 4.69) is 13.8 Å². The Labute approximate surface area is 150 Å². The normalized spacial score (nSPS) is 28.0. The molecule has 4 unspecified atom stereocenters. The molecule has 2 rings (SSSR count). The molecule has 1 aliphatic heterocycles. The predicted octanol–water partition coefficient (Wildman–Crippen LogP) is 3.08. The number of aryl methyl sites for hydroxylation is 1. The summed E-state index contributed by atoms with van der Waals surface area (Å²) in [6.45, 7) is 9.00. The van der Waals surface area contributed by atoms with E-state index in [1.165, 1.54) is 5.56 Å². The monoisotopic (exact) mass is 349 g/mol. The maximum atomic E-state index is 12.1. The first-order valence-electron chi connectivity index (χ1n) is 9.14. The van der Waals surface area contributed by atoms with Crippen molar-refractivity contribution in [2.45, 2.75) is 58.8 Å². The summed E-state index contributed by atoms with van der Waals surface area (Å²) in [6.07, 6.45) is 1.36. The van der Waals surface area contributed by atoms with Crippen molar-refractivity contribution >= 4 is 5.97 Å². The highest BCUT2D eigenvalue weighted by Gasteiger charge is 2.34. The van der Waals surface area contributed by atoms with E-state index < -0.39 is 18.1 Å². The standard InChI is InChI=1S/C20H31NO4/c1-13(2)5-8-16-11-23-12-18(21)20(22)24-15(4)19(16)25-17-9-6-14(3)7-10-17/h6-7,9-10,13,15-16,18-19H,5,8,11-12,21H2,1-4H3. The predicted molar refractivity (Wildman–Crippen MR) is 97.5 cm³/mol. The van der Waals surface area contributed by atoms with Crippen LogP contribution in [0.2, 0.25) is 0 Å². The van der Waals surface area contributed by atoms with E-state index in [1.807, 2.05) is 38.1 Å². The molecule has 1 heterocycles. The summed E-state index contributed by atoms with van der Waals surface area (Å²) in [6, 6.07) is 7.17. The van der Waals surface area contributed by atoms with Crippen molar-refractivity contribution in [1.82, 2.24) is 0 Å². The van der Waals surface area contributed by atoms with Gasteiger partial charge in [-0.1, -0.05) is 38.0 Å². The van der Waals surface area contributed by atoms with Gasteiger partial charge in [0.15, 0.2) is 0 Å². The number of cyclic esters (lactones) is 1. The molecule has 5 heteroatoms. The van der Waals surface area contributed by atoms with Crippen LogP contribution in [-0.4, -0.2) is 37.4 Å². The van der Waals surface area contributed by atoms with E-state index >= 15 is 0 Å². The molecule has 5 nitrogen and oxygen atoms in total. The Bertz CT molecular complexity index is 543. The lowest BCUT2D eigenvalue weighted by atomic mass is 9.91. The third kappa shape index (κ3) is 6.01. The first-order valence-corrected chi connectivity index (χ1v) is 9.14. The molecule has 1 saturated heterocycles. The van der Waals surface area contributed by atoms with E-state index in [9.17, 15) is 4.79 Å². The first-order chi connectivity index (χ1) is 11.9. The molecular weight excluding hydrogens is 318 g/mol. The number of hydrogen-bond donors (Lipinski definition) is 1. The largest absolute Gasteiger partial charge is 0.486 e. The average molecular weight is 349 g/mol. The van der Waals surface area contributed by atoms with Crippen molar-refractivity contribution in [3.63, 3.8) is 0 Å². The van der Waals surface area contributed by atoms with Gasteiger partial charge in [0.1, 0.15) is 24.0 Å². The van der Waals surface area contributed by atoms with E-state index in [4.69, 9.17) is 19.9 Å². The summed E-state index contributed by atoms with van der Waals surface area (Å²) in [5.74, 6) is 1.07. The zero-order chi connectivity index (χ0) is 18.4. The van der Waals surface area contributed by atoms with Gasteiger partial charge in [-0.05, 0) is 38.3 Å². The highest BCUT2D eigenvalue weighted by Crippen LogP contribution is 2.26. The van der Waals surface area contributed by atoms with Gasteiger partial charge < -0.3 is 19.9 Å². The maximum absolute atomic E-state index is 12.1. The van der Waals surface area contributed by atoms with Crippen LogP contribution in [0.25, 0.3) is 0 Å². The van der Waals surface area contributed by atoms with Gasteiger partial charge in [0.2, 0.25) is 0 Å². The highest BCUT2D eigenvalue weighted by atomic mass is 16.6. The number of esters is 1. The minimum atomic E-state index is -0.744. The van der Waals surface area contributed by atoms with E-state index in [0.29, 0.717) is 12.5 Å². The first kappa shape index (κ1) is 19.7. The second-order valence-corrected chi connectivity index (χ2v) is 7.41. The number of rotatable bonds is 5. The summed E-state index contributed by atoms with van der Waals surface area (Å²) >= 11 is 0. The van der Waals surface area contributed by atoms with Crippen LogP contribution >= 0.6 is 0 Å². The minimum Gasteiger partial charge on any atom is -0.486 e. The molecule has 1 fully saturated rings. The summed E-state index contributed by atoms with van der Waals surface area (Å²) in [5, 5.41) is 0. The van der Waals surface area contributed by atoms with Crippen molar-refractivity contribution in [3.05, 3.63) is 29.8 Å². The van der Waals surface area contributed by atoms with Crippen molar-refractivity contribution in [2.75, 3.05) is 13.2 Å². The lowest BCUT2D eigenvalue weighted by molar-refractivity contribution is -0.155. The number of carbonyl (C=O) groups is 1. The smallest absolute Gasteiger partial charge is 0.325 e. The Hall–Kier alpha value is -1.59. The van der Waals surface area contributed by atoms with Crippen LogP contribution in [0.3, 0.4) is 0 Å². The summed E-state index contributed by atoms with van der Waals surface area (Å²) in [7, 11) is 0. The molecule has 0 amide bonds. The zero-order valence-corrected chi connectivity index (χ0v) is 15.7. The fraction of sp³-hybridized carbons (Fsp3) is 0.650. The van der Waals surface area contributed by atoms with Crippen LogP contribution in [0.1, 0.15) is 39.2 Å². The van der Waals surface area contributed by atoms with Crippen LogP contribution in [0.15, 0.2) is 24.3 Å². The van der Waals surface area contributed by atoms with Gasteiger partial charge in [0, 0.05) is 5.92 Å². The molecule has 0 radical (unpaired) electrons. The van der Waals surface area contributed by atoms with E-state index in [0.717, 1.165) is 18.6 Å². The Morgan fingerprint density at radius 1 is 1.24 bits per heavy atom. The maximum Gasteiger partial charge on any atom is 0.325 e. The highest BCUT2D eigenvalue weighted by molar-refractivity contribution is 5.75. The van der Waals surface area contributed by atoms with Gasteiger partial charge in [0.05, 0.1) is 13.2 Å². The van der Waals surface area contributed by atoms with Gasteiger partial charge in [-0.3, -0.25) is 4.79 Å². The minimum absolute atomic E-state index is 0.136. The van der Waals surface area contributed by atoms with Crippen LogP contribution < -0.4 is 10.5 Å². The second-order valence-electron chi connectivity index (χ2n) is 7.41. The van der Waals surface area contributed by atoms with Crippen molar-refractivity contribution in [3.8, 4) is 5.75 Å². The Balaban J connectivity index is 2.20. The van der Waals surface area contributed by atoms with Gasteiger partial charge in [-0.25, -0.2) is 0 Å². The van der Waals surface area contributed by atoms with Crippen molar-refractivity contribution < 1.29 is 19.0 Å². The molecule has 0 saturated carbocycles. The molecule has 140 valence electrons. The topological polar surface area (TPSA) is 70.8 Å². The molecular formula is C20H31NO4. The summed E-state index contributed by atoms with van der Waals surface area (Å²) in [5.41, 5.74) is 6.99. The molecule has 1 aromatic rings. The van der Waals surface area contributed by atoms with Crippen LogP contribution in [0.5, 0.6) is 5.75 Å². The average Bonchev–Trinajstić information content (AvgIpc) is 2.60. The van der Waals surface area contributed by atoms with Crippen molar-refractivity contribution in [1.29, 1.82) is 0 Å². The van der Waals surface area contributed by atoms with Gasteiger partial charge in [-0.15, -0.1) is 0 Å². The molecule has 1 aliphatic rings.